The van der Waals surface area contributed by atoms with E-state index in [-0.39, 0.29) is 29.0 Å². The number of hydrogen-bond donors (Lipinski definition) is 0. The van der Waals surface area contributed by atoms with Crippen LogP contribution in [-0.2, 0) is 30.9 Å². The molecule has 0 spiro atoms. The maximum atomic E-state index is 14.0. The molecule has 0 N–H and O–H groups in total. The summed E-state index contributed by atoms with van der Waals surface area (Å²) < 4.78 is 44.1. The van der Waals surface area contributed by atoms with Crippen LogP contribution in [0.25, 0.3) is 16.7 Å². The highest BCUT2D eigenvalue weighted by atomic mass is 19.4. The number of carbonyl (C=O) groups excluding carboxylic acids is 2. The number of benzene rings is 1. The van der Waals surface area contributed by atoms with E-state index in [9.17, 15) is 22.8 Å². The van der Waals surface area contributed by atoms with Gasteiger partial charge in [-0.1, -0.05) is 18.7 Å². The minimum absolute atomic E-state index is 0.0277. The lowest BCUT2D eigenvalue weighted by molar-refractivity contribution is -0.140. The number of alkyl halides is 3. The molecule has 0 radical (unpaired) electrons. The molecule has 1 aromatic carbocycles. The Labute approximate surface area is 239 Å². The van der Waals surface area contributed by atoms with E-state index in [0.29, 0.717) is 31.8 Å². The van der Waals surface area contributed by atoms with Crippen molar-refractivity contribution in [3.8, 4) is 5.69 Å². The predicted octanol–water partition coefficient (Wildman–Crippen LogP) is 4.36. The lowest BCUT2D eigenvalue weighted by Crippen LogP contribution is -2.45. The van der Waals surface area contributed by atoms with Gasteiger partial charge in [0.2, 0.25) is 5.91 Å². The molecule has 2 aliphatic heterocycles. The molecule has 5 heterocycles. The summed E-state index contributed by atoms with van der Waals surface area (Å²) in [7, 11) is 1.38. The first-order valence-corrected chi connectivity index (χ1v) is 14.0. The average Bonchev–Trinajstić information content (AvgIpc) is 3.72. The Morgan fingerprint density at radius 2 is 1.83 bits per heavy atom. The third-order valence-corrected chi connectivity index (χ3v) is 8.54. The van der Waals surface area contributed by atoms with Crippen molar-refractivity contribution in [1.29, 1.82) is 0 Å². The van der Waals surface area contributed by atoms with Gasteiger partial charge in [-0.25, -0.2) is 14.3 Å². The zero-order chi connectivity index (χ0) is 29.3. The van der Waals surface area contributed by atoms with E-state index in [1.54, 1.807) is 9.80 Å². The lowest BCUT2D eigenvalue weighted by Gasteiger charge is -2.37. The second-order valence-electron chi connectivity index (χ2n) is 11.2. The number of hydrogen-bond acceptors (Lipinski definition) is 5. The molecule has 0 saturated heterocycles. The van der Waals surface area contributed by atoms with Crippen molar-refractivity contribution in [2.45, 2.75) is 43.8 Å². The smallest absolute Gasteiger partial charge is 0.336 e. The minimum atomic E-state index is -4.70. The van der Waals surface area contributed by atoms with E-state index in [4.69, 9.17) is 5.10 Å². The van der Waals surface area contributed by atoms with Crippen LogP contribution in [0.5, 0.6) is 0 Å². The topological polar surface area (TPSA) is 89.2 Å². The number of pyridine rings is 1. The molecule has 1 aliphatic carbocycles. The van der Waals surface area contributed by atoms with Crippen molar-refractivity contribution in [3.63, 3.8) is 0 Å². The van der Waals surface area contributed by atoms with E-state index in [2.05, 4.69) is 40.9 Å². The maximum Gasteiger partial charge on any atom is 0.435 e. The highest BCUT2D eigenvalue weighted by Gasteiger charge is 2.41. The summed E-state index contributed by atoms with van der Waals surface area (Å²) >= 11 is 0. The molecular formula is C30H28F3N7O2. The van der Waals surface area contributed by atoms with Gasteiger partial charge in [0.05, 0.1) is 34.1 Å². The van der Waals surface area contributed by atoms with Crippen molar-refractivity contribution in [3.05, 3.63) is 83.0 Å². The minimum Gasteiger partial charge on any atom is -0.336 e. The summed E-state index contributed by atoms with van der Waals surface area (Å²) in [6.07, 6.45) is 1.28. The Morgan fingerprint density at radius 3 is 2.52 bits per heavy atom. The van der Waals surface area contributed by atoms with E-state index in [1.807, 2.05) is 4.68 Å². The van der Waals surface area contributed by atoms with E-state index >= 15 is 0 Å². The Balaban J connectivity index is 1.29. The first-order valence-electron chi connectivity index (χ1n) is 14.0. The average molecular weight is 576 g/mol. The third-order valence-electron chi connectivity index (χ3n) is 8.54. The molecule has 1 saturated carbocycles. The molecule has 1 unspecified atom stereocenters. The quantitative estimate of drug-likeness (QED) is 0.338. The normalized spacial score (nSPS) is 18.6. The van der Waals surface area contributed by atoms with Crippen LogP contribution < -0.4 is 0 Å². The van der Waals surface area contributed by atoms with Gasteiger partial charge >= 0.3 is 6.18 Å². The highest BCUT2D eigenvalue weighted by molar-refractivity contribution is 5.98. The summed E-state index contributed by atoms with van der Waals surface area (Å²) in [5.74, 6) is -0.0782. The van der Waals surface area contributed by atoms with Crippen molar-refractivity contribution in [2.75, 3.05) is 19.6 Å². The first-order chi connectivity index (χ1) is 20.1. The van der Waals surface area contributed by atoms with Crippen LogP contribution in [0.4, 0.5) is 13.2 Å². The first kappa shape index (κ1) is 26.4. The molecule has 4 aromatic rings. The van der Waals surface area contributed by atoms with Crippen LogP contribution in [0.1, 0.15) is 63.4 Å². The van der Waals surface area contributed by atoms with Crippen LogP contribution in [0, 0.1) is 0 Å². The summed E-state index contributed by atoms with van der Waals surface area (Å²) in [5, 5.41) is 8.33. The number of rotatable bonds is 4. The fourth-order valence-electron chi connectivity index (χ4n) is 6.32. The number of amides is 2. The molecule has 9 nitrogen and oxygen atoms in total. The number of aryl methyl sites for hydroxylation is 1. The number of halogens is 3. The van der Waals surface area contributed by atoms with Gasteiger partial charge in [0, 0.05) is 51.3 Å². The molecular weight excluding hydrogens is 547 g/mol. The van der Waals surface area contributed by atoms with Gasteiger partial charge in [-0.3, -0.25) is 9.59 Å². The molecule has 2 amide bonds. The van der Waals surface area contributed by atoms with E-state index in [0.717, 1.165) is 27.3 Å². The van der Waals surface area contributed by atoms with Crippen molar-refractivity contribution in [1.82, 2.24) is 34.3 Å². The summed E-state index contributed by atoms with van der Waals surface area (Å²) in [6, 6.07) is 9.11. The molecule has 3 aliphatic rings. The van der Waals surface area contributed by atoms with Crippen LogP contribution in [0.2, 0.25) is 0 Å². The zero-order valence-corrected chi connectivity index (χ0v) is 22.9. The van der Waals surface area contributed by atoms with Gasteiger partial charge in [0.25, 0.3) is 5.91 Å². The molecule has 7 rings (SSSR count). The van der Waals surface area contributed by atoms with Gasteiger partial charge in [-0.05, 0) is 48.6 Å². The predicted molar refractivity (Wildman–Crippen MR) is 147 cm³/mol. The Kier molecular flexibility index (Phi) is 6.00. The molecule has 216 valence electrons. The number of aromatic nitrogens is 5. The van der Waals surface area contributed by atoms with Crippen LogP contribution in [-0.4, -0.2) is 65.8 Å². The summed E-state index contributed by atoms with van der Waals surface area (Å²) in [6.45, 7) is 4.55. The monoisotopic (exact) mass is 575 g/mol. The second-order valence-corrected chi connectivity index (χ2v) is 11.2. The number of nitrogens with zero attached hydrogens (tertiary/aromatic N) is 7. The summed E-state index contributed by atoms with van der Waals surface area (Å²) in [4.78, 5) is 34.2. The van der Waals surface area contributed by atoms with Crippen LogP contribution in [0.3, 0.4) is 0 Å². The SMILES string of the molecule is C=CC(=O)N1CCc2nn(-c3ccc(C4CC4)cc3)c3c2C(C1)N(C(=O)c1cnc2c(c1)c(C(F)(F)F)nn2C)CC3. The van der Waals surface area contributed by atoms with Gasteiger partial charge in [-0.2, -0.15) is 23.4 Å². The molecule has 1 fully saturated rings. The highest BCUT2D eigenvalue weighted by Crippen LogP contribution is 2.41. The van der Waals surface area contributed by atoms with Crippen LogP contribution in [0.15, 0.2) is 49.2 Å². The van der Waals surface area contributed by atoms with Crippen molar-refractivity contribution >= 4 is 22.8 Å². The third kappa shape index (κ3) is 4.27. The van der Waals surface area contributed by atoms with Crippen LogP contribution >= 0.6 is 0 Å². The zero-order valence-electron chi connectivity index (χ0n) is 22.9. The van der Waals surface area contributed by atoms with Crippen molar-refractivity contribution in [2.24, 2.45) is 7.05 Å². The van der Waals surface area contributed by atoms with Gasteiger partial charge < -0.3 is 9.80 Å². The number of carbonyl (C=O) groups is 2. The van der Waals surface area contributed by atoms with E-state index < -0.39 is 23.8 Å². The molecule has 0 bridgehead atoms. The number of fused-ring (bicyclic) bond motifs is 1. The molecule has 12 heteroatoms. The maximum absolute atomic E-state index is 14.0. The summed E-state index contributed by atoms with van der Waals surface area (Å²) in [5.41, 5.74) is 3.91. The largest absolute Gasteiger partial charge is 0.435 e. The lowest BCUT2D eigenvalue weighted by atomic mass is 9.94. The Hall–Kier alpha value is -4.48. The molecule has 3 aromatic heterocycles. The Morgan fingerprint density at radius 1 is 1.07 bits per heavy atom. The van der Waals surface area contributed by atoms with Gasteiger partial charge in [-0.15, -0.1) is 0 Å². The Bertz CT molecular complexity index is 1750. The fourth-order valence-corrected chi connectivity index (χ4v) is 6.32. The second kappa shape index (κ2) is 9.53. The van der Waals surface area contributed by atoms with E-state index in [1.165, 1.54) is 43.8 Å². The fraction of sp³-hybridized carbons (Fsp3) is 0.367. The van der Waals surface area contributed by atoms with Gasteiger partial charge in [0.1, 0.15) is 0 Å². The molecule has 42 heavy (non-hydrogen) atoms. The van der Waals surface area contributed by atoms with Gasteiger partial charge in [0.15, 0.2) is 11.3 Å². The standard InChI is InChI=1S/C30H28F3N7O2/c1-3-25(41)38-12-10-22-26-23(40(35-22)20-8-6-18(7-9-20)17-4-5-17)11-13-39(24(26)16-38)29(42)19-14-21-27(30(31,32)33)36-37(2)28(21)34-15-19/h3,6-9,14-15,17,24H,1,4-5,10-13,16H2,2H3. The molecule has 1 atom stereocenters. The van der Waals surface area contributed by atoms with Crippen molar-refractivity contribution < 1.29 is 22.8 Å².